The van der Waals surface area contributed by atoms with Crippen molar-refractivity contribution in [2.75, 3.05) is 0 Å². The van der Waals surface area contributed by atoms with Gasteiger partial charge in [0.25, 0.3) is 0 Å². The summed E-state index contributed by atoms with van der Waals surface area (Å²) in [5.41, 5.74) is 1.12. The third-order valence-electron chi connectivity index (χ3n) is 1.24. The highest BCUT2D eigenvalue weighted by Crippen LogP contribution is 2.06. The third kappa shape index (κ3) is 1.89. The lowest BCUT2D eigenvalue weighted by Gasteiger charge is -1.91. The second-order valence-electron chi connectivity index (χ2n) is 1.96. The molecule has 3 heteroatoms. The van der Waals surface area contributed by atoms with E-state index in [4.69, 9.17) is 5.26 Å². The number of halogens is 1. The van der Waals surface area contributed by atoms with Crippen molar-refractivity contribution in [3.63, 3.8) is 0 Å². The molecule has 54 valence electrons. The Bertz CT molecular complexity index is 310. The maximum Gasteiger partial charge on any atom is 0.228 e. The maximum atomic E-state index is 10.7. The molecule has 0 aliphatic rings. The van der Waals surface area contributed by atoms with E-state index in [0.29, 0.717) is 11.1 Å². The van der Waals surface area contributed by atoms with Crippen LogP contribution in [-0.4, -0.2) is 4.69 Å². The molecule has 0 fully saturated rings. The van der Waals surface area contributed by atoms with Crippen molar-refractivity contribution < 1.29 is 4.79 Å². The lowest BCUT2D eigenvalue weighted by Crippen LogP contribution is -1.86. The van der Waals surface area contributed by atoms with E-state index >= 15 is 0 Å². The van der Waals surface area contributed by atoms with Gasteiger partial charge in [-0.1, -0.05) is 0 Å². The van der Waals surface area contributed by atoms with Crippen molar-refractivity contribution in [3.05, 3.63) is 35.4 Å². The largest absolute Gasteiger partial charge is 0.281 e. The van der Waals surface area contributed by atoms with Crippen molar-refractivity contribution in [2.24, 2.45) is 0 Å². The number of benzene rings is 1. The van der Waals surface area contributed by atoms with Crippen LogP contribution in [0.2, 0.25) is 0 Å². The average molecular weight is 210 g/mol. The number of rotatable bonds is 1. The Hall–Kier alpha value is -1.14. The number of carbonyl (C=O) groups is 1. The molecule has 0 radical (unpaired) electrons. The van der Waals surface area contributed by atoms with Crippen LogP contribution in [0, 0.1) is 11.3 Å². The summed E-state index contributed by atoms with van der Waals surface area (Å²) in [6.07, 6.45) is 0. The number of nitrogens with zero attached hydrogens (tertiary/aromatic N) is 1. The van der Waals surface area contributed by atoms with Crippen LogP contribution in [0.3, 0.4) is 0 Å². The molecule has 0 heterocycles. The number of hydrogen-bond donors (Lipinski definition) is 0. The molecule has 0 saturated carbocycles. The highest BCUT2D eigenvalue weighted by atomic mass is 79.9. The fourth-order valence-corrected chi connectivity index (χ4v) is 0.940. The minimum Gasteiger partial charge on any atom is -0.281 e. The summed E-state index contributed by atoms with van der Waals surface area (Å²) in [4.78, 5) is 10.7. The topological polar surface area (TPSA) is 40.9 Å². The van der Waals surface area contributed by atoms with Crippen molar-refractivity contribution in [1.29, 1.82) is 5.26 Å². The third-order valence-corrected chi connectivity index (χ3v) is 1.70. The van der Waals surface area contributed by atoms with E-state index in [0.717, 1.165) is 0 Å². The Morgan fingerprint density at radius 1 is 1.36 bits per heavy atom. The zero-order chi connectivity index (χ0) is 8.27. The molecule has 0 saturated heterocycles. The number of hydrogen-bond acceptors (Lipinski definition) is 2. The standard InChI is InChI=1S/C8H4BrNO/c9-8(11)7-3-1-6(5-10)2-4-7/h1-4H. The van der Waals surface area contributed by atoms with Gasteiger partial charge in [-0.2, -0.15) is 5.26 Å². The Kier molecular flexibility index (Phi) is 2.40. The smallest absolute Gasteiger partial charge is 0.228 e. The lowest BCUT2D eigenvalue weighted by atomic mass is 10.2. The molecule has 0 bridgehead atoms. The van der Waals surface area contributed by atoms with Gasteiger partial charge >= 0.3 is 0 Å². The highest BCUT2D eigenvalue weighted by molar-refractivity contribution is 9.18. The Balaban J connectivity index is 3.03. The van der Waals surface area contributed by atoms with E-state index < -0.39 is 0 Å². The molecule has 0 N–H and O–H groups in total. The molecule has 0 unspecified atom stereocenters. The second kappa shape index (κ2) is 3.31. The molecule has 0 aliphatic heterocycles. The fraction of sp³-hybridized carbons (Fsp3) is 0. The lowest BCUT2D eigenvalue weighted by molar-refractivity contribution is 0.109. The maximum absolute atomic E-state index is 10.7. The van der Waals surface area contributed by atoms with Gasteiger partial charge in [0.15, 0.2) is 0 Å². The molecule has 1 aromatic carbocycles. The summed E-state index contributed by atoms with van der Waals surface area (Å²) in [6, 6.07) is 8.39. The predicted octanol–water partition coefficient (Wildman–Crippen LogP) is 2.09. The van der Waals surface area contributed by atoms with Gasteiger partial charge in [-0.3, -0.25) is 4.79 Å². The van der Waals surface area contributed by atoms with Crippen LogP contribution < -0.4 is 0 Å². The van der Waals surface area contributed by atoms with E-state index in [2.05, 4.69) is 15.9 Å². The van der Waals surface area contributed by atoms with E-state index in [-0.39, 0.29) is 4.69 Å². The van der Waals surface area contributed by atoms with Crippen molar-refractivity contribution in [1.82, 2.24) is 0 Å². The van der Waals surface area contributed by atoms with Gasteiger partial charge in [-0.05, 0) is 40.2 Å². The first-order valence-electron chi connectivity index (χ1n) is 2.94. The molecule has 2 nitrogen and oxygen atoms in total. The van der Waals surface area contributed by atoms with E-state index in [9.17, 15) is 4.79 Å². The Morgan fingerprint density at radius 2 is 1.91 bits per heavy atom. The molecular formula is C8H4BrNO. The molecule has 11 heavy (non-hydrogen) atoms. The van der Waals surface area contributed by atoms with E-state index in [1.807, 2.05) is 6.07 Å². The average Bonchev–Trinajstić information content (AvgIpc) is 2.05. The van der Waals surface area contributed by atoms with Gasteiger partial charge in [0.05, 0.1) is 11.6 Å². The fourth-order valence-electron chi connectivity index (χ4n) is 0.676. The second-order valence-corrected chi connectivity index (χ2v) is 2.68. The summed E-state index contributed by atoms with van der Waals surface area (Å²) in [5.74, 6) is 0. The van der Waals surface area contributed by atoms with Crippen molar-refractivity contribution in [2.45, 2.75) is 0 Å². The Morgan fingerprint density at radius 3 is 2.27 bits per heavy atom. The molecule has 0 spiro atoms. The Labute approximate surface area is 72.6 Å². The SMILES string of the molecule is N#Cc1ccc(C(=O)Br)cc1. The summed E-state index contributed by atoms with van der Waals surface area (Å²) >= 11 is 2.81. The zero-order valence-corrected chi connectivity index (χ0v) is 7.13. The van der Waals surface area contributed by atoms with Crippen molar-refractivity contribution in [3.8, 4) is 6.07 Å². The monoisotopic (exact) mass is 209 g/mol. The molecule has 0 aromatic heterocycles. The van der Waals surface area contributed by atoms with Crippen LogP contribution in [0.25, 0.3) is 0 Å². The minimum atomic E-state index is -0.165. The molecule has 0 atom stereocenters. The molecular weight excluding hydrogens is 206 g/mol. The summed E-state index contributed by atoms with van der Waals surface area (Å²) in [7, 11) is 0. The molecule has 1 rings (SSSR count). The van der Waals surface area contributed by atoms with Crippen molar-refractivity contribution >= 4 is 20.6 Å². The van der Waals surface area contributed by atoms with Gasteiger partial charge in [0, 0.05) is 5.56 Å². The first-order valence-corrected chi connectivity index (χ1v) is 3.73. The zero-order valence-electron chi connectivity index (χ0n) is 5.54. The predicted molar refractivity (Wildman–Crippen MR) is 44.4 cm³/mol. The van der Waals surface area contributed by atoms with E-state index in [1.165, 1.54) is 0 Å². The van der Waals surface area contributed by atoms with Gasteiger partial charge in [0.2, 0.25) is 4.69 Å². The number of nitriles is 1. The molecule has 0 amide bonds. The van der Waals surface area contributed by atoms with Crippen LogP contribution in [0.15, 0.2) is 24.3 Å². The van der Waals surface area contributed by atoms with E-state index in [1.54, 1.807) is 24.3 Å². The van der Waals surface area contributed by atoms with Crippen LogP contribution in [-0.2, 0) is 0 Å². The quantitative estimate of drug-likeness (QED) is 0.666. The molecule has 0 aliphatic carbocycles. The van der Waals surface area contributed by atoms with Crippen LogP contribution in [0.4, 0.5) is 0 Å². The summed E-state index contributed by atoms with van der Waals surface area (Å²) in [6.45, 7) is 0. The van der Waals surface area contributed by atoms with Crippen LogP contribution in [0.5, 0.6) is 0 Å². The van der Waals surface area contributed by atoms with Gasteiger partial charge in [-0.25, -0.2) is 0 Å². The normalized spacial score (nSPS) is 8.73. The summed E-state index contributed by atoms with van der Waals surface area (Å²) < 4.78 is -0.165. The summed E-state index contributed by atoms with van der Waals surface area (Å²) in [5, 5.41) is 8.42. The first kappa shape index (κ1) is 7.96. The first-order chi connectivity index (χ1) is 5.24. The van der Waals surface area contributed by atoms with Crippen LogP contribution in [0.1, 0.15) is 15.9 Å². The van der Waals surface area contributed by atoms with Crippen LogP contribution >= 0.6 is 15.9 Å². The van der Waals surface area contributed by atoms with Gasteiger partial charge < -0.3 is 0 Å². The number of carbonyl (C=O) groups excluding carboxylic acids is 1. The highest BCUT2D eigenvalue weighted by Gasteiger charge is 1.98. The van der Waals surface area contributed by atoms with Gasteiger partial charge in [-0.15, -0.1) is 0 Å². The molecule has 1 aromatic rings. The van der Waals surface area contributed by atoms with Gasteiger partial charge in [0.1, 0.15) is 0 Å². The minimum absolute atomic E-state index is 0.165.